The second kappa shape index (κ2) is 4.55. The quantitative estimate of drug-likeness (QED) is 0.379. The maximum atomic E-state index is 5.60. The van der Waals surface area contributed by atoms with Gasteiger partial charge in [-0.25, -0.2) is 0 Å². The van der Waals surface area contributed by atoms with Crippen LogP contribution in [-0.2, 0) is 4.74 Å². The molecule has 0 aromatic carbocycles. The molecule has 0 rings (SSSR count). The van der Waals surface area contributed by atoms with E-state index in [4.69, 9.17) is 10.5 Å². The third-order valence-electron chi connectivity index (χ3n) is 1.26. The second-order valence-corrected chi connectivity index (χ2v) is 2.01. The number of nitrogens with zero attached hydrogens (tertiary/aromatic N) is 1. The lowest BCUT2D eigenvalue weighted by atomic mass is 10.3. The molecular weight excluding hydrogens is 140 g/mol. The van der Waals surface area contributed by atoms with Gasteiger partial charge in [0.2, 0.25) is 0 Å². The number of hydrogen-bond acceptors (Lipinski definition) is 3. The molecule has 0 amide bonds. The van der Waals surface area contributed by atoms with E-state index < -0.39 is 0 Å². The van der Waals surface area contributed by atoms with E-state index in [1.165, 1.54) is 7.11 Å². The van der Waals surface area contributed by atoms with Gasteiger partial charge in [-0.05, 0) is 13.8 Å². The molecule has 0 aromatic rings. The summed E-state index contributed by atoms with van der Waals surface area (Å²) in [7, 11) is 1.53. The van der Waals surface area contributed by atoms with Crippen LogP contribution in [0.15, 0.2) is 28.7 Å². The van der Waals surface area contributed by atoms with Gasteiger partial charge < -0.3 is 10.5 Å². The Morgan fingerprint density at radius 3 is 2.55 bits per heavy atom. The summed E-state index contributed by atoms with van der Waals surface area (Å²) in [6.07, 6.45) is 1.67. The van der Waals surface area contributed by atoms with Crippen LogP contribution in [0.25, 0.3) is 0 Å². The average molecular weight is 154 g/mol. The number of rotatable bonds is 3. The first-order valence-electron chi connectivity index (χ1n) is 3.31. The summed E-state index contributed by atoms with van der Waals surface area (Å²) < 4.78 is 4.83. The SMILES string of the molecule is C=C(OC)/C(N)=C(/C)N=CC. The molecule has 2 N–H and O–H groups in total. The van der Waals surface area contributed by atoms with Crippen LogP contribution >= 0.6 is 0 Å². The van der Waals surface area contributed by atoms with E-state index in [0.717, 1.165) is 5.70 Å². The van der Waals surface area contributed by atoms with Crippen molar-refractivity contribution in [3.63, 3.8) is 0 Å². The number of nitrogens with two attached hydrogens (primary N) is 1. The third kappa shape index (κ3) is 2.89. The zero-order valence-corrected chi connectivity index (χ0v) is 7.22. The molecule has 0 bridgehead atoms. The van der Waals surface area contributed by atoms with E-state index >= 15 is 0 Å². The van der Waals surface area contributed by atoms with Gasteiger partial charge in [0.15, 0.2) is 0 Å². The molecule has 62 valence electrons. The maximum Gasteiger partial charge on any atom is 0.136 e. The zero-order chi connectivity index (χ0) is 8.85. The first kappa shape index (κ1) is 9.75. The topological polar surface area (TPSA) is 47.6 Å². The van der Waals surface area contributed by atoms with Gasteiger partial charge >= 0.3 is 0 Å². The summed E-state index contributed by atoms with van der Waals surface area (Å²) in [5, 5.41) is 0. The Morgan fingerprint density at radius 1 is 1.64 bits per heavy atom. The molecule has 0 radical (unpaired) electrons. The van der Waals surface area contributed by atoms with Crippen LogP contribution < -0.4 is 5.73 Å². The van der Waals surface area contributed by atoms with Crippen LogP contribution in [0.4, 0.5) is 0 Å². The molecule has 0 aliphatic carbocycles. The standard InChI is InChI=1S/C8H14N2O/c1-5-10-6(2)8(9)7(3)11-4/h5H,3,9H2,1-2,4H3/b8-6+,10-5?. The molecule has 0 atom stereocenters. The van der Waals surface area contributed by atoms with E-state index in [2.05, 4.69) is 11.6 Å². The van der Waals surface area contributed by atoms with Crippen molar-refractivity contribution in [2.45, 2.75) is 13.8 Å². The number of aliphatic imine (C=N–C) groups is 1. The van der Waals surface area contributed by atoms with Crippen molar-refractivity contribution in [2.75, 3.05) is 7.11 Å². The molecule has 0 fully saturated rings. The van der Waals surface area contributed by atoms with Gasteiger partial charge in [0.1, 0.15) is 5.76 Å². The summed E-state index contributed by atoms with van der Waals surface area (Å²) in [5.74, 6) is 0.452. The zero-order valence-electron chi connectivity index (χ0n) is 7.22. The van der Waals surface area contributed by atoms with Gasteiger partial charge in [-0.3, -0.25) is 4.99 Å². The molecule has 3 nitrogen and oxygen atoms in total. The van der Waals surface area contributed by atoms with Crippen LogP contribution in [0.3, 0.4) is 0 Å². The van der Waals surface area contributed by atoms with E-state index in [9.17, 15) is 0 Å². The summed E-state index contributed by atoms with van der Waals surface area (Å²) in [6.45, 7) is 7.23. The van der Waals surface area contributed by atoms with Crippen LogP contribution in [0.2, 0.25) is 0 Å². The molecule has 0 saturated carbocycles. The highest BCUT2D eigenvalue weighted by Crippen LogP contribution is 2.07. The number of allylic oxidation sites excluding steroid dienone is 1. The summed E-state index contributed by atoms with van der Waals surface area (Å²) in [4.78, 5) is 3.98. The molecule has 0 spiro atoms. The Morgan fingerprint density at radius 2 is 2.18 bits per heavy atom. The number of methoxy groups -OCH3 is 1. The number of ether oxygens (including phenoxy) is 1. The van der Waals surface area contributed by atoms with Gasteiger partial charge in [-0.1, -0.05) is 6.58 Å². The van der Waals surface area contributed by atoms with Gasteiger partial charge in [0.25, 0.3) is 0 Å². The predicted molar refractivity (Wildman–Crippen MR) is 47.2 cm³/mol. The Bertz CT molecular complexity index is 204. The van der Waals surface area contributed by atoms with Crippen LogP contribution in [-0.4, -0.2) is 13.3 Å². The van der Waals surface area contributed by atoms with Gasteiger partial charge in [0.05, 0.1) is 18.5 Å². The van der Waals surface area contributed by atoms with E-state index in [0.29, 0.717) is 11.5 Å². The van der Waals surface area contributed by atoms with E-state index in [1.807, 2.05) is 6.92 Å². The van der Waals surface area contributed by atoms with Crippen molar-refractivity contribution in [1.82, 2.24) is 0 Å². The van der Waals surface area contributed by atoms with Crippen molar-refractivity contribution in [3.8, 4) is 0 Å². The van der Waals surface area contributed by atoms with Gasteiger partial charge in [0, 0.05) is 6.21 Å². The van der Waals surface area contributed by atoms with Gasteiger partial charge in [-0.15, -0.1) is 0 Å². The van der Waals surface area contributed by atoms with Gasteiger partial charge in [-0.2, -0.15) is 0 Å². The molecule has 0 aliphatic rings. The predicted octanol–water partition coefficient (Wildman–Crippen LogP) is 1.43. The van der Waals surface area contributed by atoms with Crippen molar-refractivity contribution >= 4 is 6.21 Å². The Labute approximate surface area is 67.3 Å². The van der Waals surface area contributed by atoms with Crippen molar-refractivity contribution in [2.24, 2.45) is 10.7 Å². The highest BCUT2D eigenvalue weighted by Gasteiger charge is 1.99. The minimum atomic E-state index is 0.452. The molecular formula is C8H14N2O. The molecule has 0 saturated heterocycles. The van der Waals surface area contributed by atoms with Crippen molar-refractivity contribution in [1.29, 1.82) is 0 Å². The van der Waals surface area contributed by atoms with E-state index in [1.54, 1.807) is 13.1 Å². The molecule has 0 aliphatic heterocycles. The minimum Gasteiger partial charge on any atom is -0.495 e. The lowest BCUT2D eigenvalue weighted by Crippen LogP contribution is -2.04. The minimum absolute atomic E-state index is 0.452. The molecule has 0 aromatic heterocycles. The van der Waals surface area contributed by atoms with E-state index in [-0.39, 0.29) is 0 Å². The maximum absolute atomic E-state index is 5.60. The fourth-order valence-electron chi connectivity index (χ4n) is 0.575. The average Bonchev–Trinajstić information content (AvgIpc) is 2.02. The summed E-state index contributed by atoms with van der Waals surface area (Å²) in [6, 6.07) is 0. The summed E-state index contributed by atoms with van der Waals surface area (Å²) >= 11 is 0. The first-order chi connectivity index (χ1) is 5.13. The highest BCUT2D eigenvalue weighted by molar-refractivity contribution is 5.55. The fourth-order valence-corrected chi connectivity index (χ4v) is 0.575. The third-order valence-corrected chi connectivity index (χ3v) is 1.26. The second-order valence-electron chi connectivity index (χ2n) is 2.01. The summed E-state index contributed by atoms with van der Waals surface area (Å²) in [5.41, 5.74) is 6.81. The lowest BCUT2D eigenvalue weighted by Gasteiger charge is -2.04. The monoisotopic (exact) mass is 154 g/mol. The largest absolute Gasteiger partial charge is 0.495 e. The Hall–Kier alpha value is -1.25. The normalized spacial score (nSPS) is 13.0. The van der Waals surface area contributed by atoms with Crippen LogP contribution in [0, 0.1) is 0 Å². The Balaban J connectivity index is 4.51. The van der Waals surface area contributed by atoms with Crippen LogP contribution in [0.5, 0.6) is 0 Å². The van der Waals surface area contributed by atoms with Crippen LogP contribution in [0.1, 0.15) is 13.8 Å². The lowest BCUT2D eigenvalue weighted by molar-refractivity contribution is 0.301. The molecule has 3 heteroatoms. The van der Waals surface area contributed by atoms with Crippen molar-refractivity contribution in [3.05, 3.63) is 23.7 Å². The number of hydrogen-bond donors (Lipinski definition) is 1. The smallest absolute Gasteiger partial charge is 0.136 e. The molecule has 11 heavy (non-hydrogen) atoms. The first-order valence-corrected chi connectivity index (χ1v) is 3.31. The Kier molecular flexibility index (Phi) is 4.03. The molecule has 0 heterocycles. The highest BCUT2D eigenvalue weighted by atomic mass is 16.5. The molecule has 0 unspecified atom stereocenters. The van der Waals surface area contributed by atoms with Crippen molar-refractivity contribution < 1.29 is 4.74 Å². The fraction of sp³-hybridized carbons (Fsp3) is 0.375.